The molecule has 2 N–H and O–H groups in total. The Morgan fingerprint density at radius 2 is 2.43 bits per heavy atom. The van der Waals surface area contributed by atoms with Crippen molar-refractivity contribution in [2.75, 3.05) is 26.3 Å². The number of likely N-dealkylation sites (N-methyl/N-ethyl adjacent to an activating group) is 1. The molecule has 1 unspecified atom stereocenters. The van der Waals surface area contributed by atoms with E-state index in [2.05, 4.69) is 30.4 Å². The lowest BCUT2D eigenvalue weighted by Crippen LogP contribution is -2.53. The Morgan fingerprint density at radius 1 is 1.52 bits per heavy atom. The number of pyridine rings is 1. The van der Waals surface area contributed by atoms with Gasteiger partial charge in [-0.05, 0) is 18.7 Å². The largest absolute Gasteiger partial charge is 0.378 e. The fraction of sp³-hybridized carbons (Fsp3) is 0.467. The lowest BCUT2D eigenvalue weighted by atomic mass is 10.2. The third-order valence-corrected chi connectivity index (χ3v) is 3.80. The van der Waals surface area contributed by atoms with Crippen LogP contribution in [-0.4, -0.2) is 63.3 Å². The van der Waals surface area contributed by atoms with E-state index in [1.54, 1.807) is 6.20 Å². The first-order chi connectivity index (χ1) is 11.3. The number of carbonyl (C=O) groups excluding carboxylic acids is 1. The van der Waals surface area contributed by atoms with E-state index in [9.17, 15) is 4.79 Å². The van der Waals surface area contributed by atoms with Crippen molar-refractivity contribution in [2.24, 2.45) is 0 Å². The number of nitrogens with one attached hydrogen (secondary N) is 2. The molecule has 0 spiro atoms. The molecule has 0 bridgehead atoms. The fourth-order valence-electron chi connectivity index (χ4n) is 2.53. The normalized spacial score (nSPS) is 18.7. The van der Waals surface area contributed by atoms with Gasteiger partial charge in [0.1, 0.15) is 17.6 Å². The van der Waals surface area contributed by atoms with Gasteiger partial charge in [-0.15, -0.1) is 0 Å². The maximum atomic E-state index is 12.3. The summed E-state index contributed by atoms with van der Waals surface area (Å²) >= 11 is 0. The Kier molecular flexibility index (Phi) is 4.94. The zero-order valence-corrected chi connectivity index (χ0v) is 13.0. The van der Waals surface area contributed by atoms with Crippen molar-refractivity contribution in [3.05, 3.63) is 30.2 Å². The van der Waals surface area contributed by atoms with Crippen LogP contribution in [0, 0.1) is 0 Å². The number of nitrogens with zero attached hydrogens (tertiary/aromatic N) is 4. The number of aromatic nitrogens is 4. The molecule has 1 amide bonds. The molecule has 1 atom stereocenters. The van der Waals surface area contributed by atoms with E-state index in [1.807, 2.05) is 25.1 Å². The highest BCUT2D eigenvalue weighted by Crippen LogP contribution is 2.10. The minimum atomic E-state index is -0.244. The van der Waals surface area contributed by atoms with Gasteiger partial charge in [0.25, 0.3) is 0 Å². The van der Waals surface area contributed by atoms with Crippen LogP contribution < -0.4 is 5.32 Å². The van der Waals surface area contributed by atoms with Crippen LogP contribution in [0.4, 0.5) is 0 Å². The van der Waals surface area contributed by atoms with Crippen molar-refractivity contribution in [3.8, 4) is 11.5 Å². The van der Waals surface area contributed by atoms with Crippen LogP contribution in [0.1, 0.15) is 12.7 Å². The Morgan fingerprint density at radius 3 is 3.22 bits per heavy atom. The van der Waals surface area contributed by atoms with Crippen LogP contribution in [-0.2, 0) is 16.1 Å². The maximum absolute atomic E-state index is 12.3. The molecular weight excluding hydrogens is 296 g/mol. The molecule has 2 aromatic heterocycles. The van der Waals surface area contributed by atoms with Gasteiger partial charge in [0, 0.05) is 12.7 Å². The van der Waals surface area contributed by atoms with Crippen LogP contribution in [0.2, 0.25) is 0 Å². The average molecular weight is 316 g/mol. The van der Waals surface area contributed by atoms with Crippen molar-refractivity contribution < 1.29 is 9.53 Å². The third-order valence-electron chi connectivity index (χ3n) is 3.80. The number of hydrogen-bond donors (Lipinski definition) is 2. The molecule has 122 valence electrons. The zero-order valence-electron chi connectivity index (χ0n) is 13.0. The summed E-state index contributed by atoms with van der Waals surface area (Å²) in [6, 6.07) is 5.31. The van der Waals surface area contributed by atoms with Gasteiger partial charge in [0.2, 0.25) is 5.91 Å². The van der Waals surface area contributed by atoms with Gasteiger partial charge in [-0.2, -0.15) is 5.10 Å². The minimum absolute atomic E-state index is 0.0534. The van der Waals surface area contributed by atoms with Gasteiger partial charge in [-0.25, -0.2) is 4.98 Å². The number of aromatic amines is 1. The molecule has 3 heterocycles. The summed E-state index contributed by atoms with van der Waals surface area (Å²) < 4.78 is 5.40. The first-order valence-corrected chi connectivity index (χ1v) is 7.70. The van der Waals surface area contributed by atoms with Crippen molar-refractivity contribution >= 4 is 5.91 Å². The summed E-state index contributed by atoms with van der Waals surface area (Å²) in [7, 11) is 0. The number of rotatable bonds is 5. The van der Waals surface area contributed by atoms with E-state index in [0.29, 0.717) is 37.1 Å². The first-order valence-electron chi connectivity index (χ1n) is 7.70. The van der Waals surface area contributed by atoms with E-state index in [-0.39, 0.29) is 11.9 Å². The second-order valence-electron chi connectivity index (χ2n) is 5.26. The van der Waals surface area contributed by atoms with E-state index in [4.69, 9.17) is 4.74 Å². The van der Waals surface area contributed by atoms with Gasteiger partial charge in [-0.3, -0.25) is 19.8 Å². The van der Waals surface area contributed by atoms with Crippen LogP contribution in [0.25, 0.3) is 11.5 Å². The third kappa shape index (κ3) is 3.72. The molecule has 0 radical (unpaired) electrons. The molecule has 0 aromatic carbocycles. The van der Waals surface area contributed by atoms with Crippen molar-refractivity contribution in [3.63, 3.8) is 0 Å². The summed E-state index contributed by atoms with van der Waals surface area (Å²) in [5.74, 6) is 1.06. The maximum Gasteiger partial charge on any atom is 0.240 e. The van der Waals surface area contributed by atoms with Crippen molar-refractivity contribution in [1.82, 2.24) is 30.4 Å². The predicted molar refractivity (Wildman–Crippen MR) is 83.3 cm³/mol. The van der Waals surface area contributed by atoms with Crippen molar-refractivity contribution in [2.45, 2.75) is 19.5 Å². The quantitative estimate of drug-likeness (QED) is 0.818. The van der Waals surface area contributed by atoms with Gasteiger partial charge in [0.15, 0.2) is 5.82 Å². The summed E-state index contributed by atoms with van der Waals surface area (Å²) in [5.41, 5.74) is 0.694. The van der Waals surface area contributed by atoms with E-state index >= 15 is 0 Å². The Labute approximate surface area is 134 Å². The van der Waals surface area contributed by atoms with Crippen LogP contribution in [0.5, 0.6) is 0 Å². The average Bonchev–Trinajstić information content (AvgIpc) is 3.09. The summed E-state index contributed by atoms with van der Waals surface area (Å²) in [5, 5.41) is 9.83. The lowest BCUT2D eigenvalue weighted by Gasteiger charge is -2.33. The molecule has 3 rings (SSSR count). The number of carbonyl (C=O) groups is 1. The monoisotopic (exact) mass is 316 g/mol. The van der Waals surface area contributed by atoms with Crippen LogP contribution in [0.15, 0.2) is 24.4 Å². The second kappa shape index (κ2) is 7.30. The van der Waals surface area contributed by atoms with Crippen LogP contribution in [0.3, 0.4) is 0 Å². The van der Waals surface area contributed by atoms with Gasteiger partial charge < -0.3 is 10.1 Å². The summed E-state index contributed by atoms with van der Waals surface area (Å²) in [6.45, 7) is 5.05. The highest BCUT2D eigenvalue weighted by Gasteiger charge is 2.28. The van der Waals surface area contributed by atoms with Gasteiger partial charge in [-0.1, -0.05) is 13.0 Å². The molecule has 1 aliphatic rings. The number of ether oxygens (including phenoxy) is 1. The van der Waals surface area contributed by atoms with E-state index < -0.39 is 0 Å². The molecule has 2 aromatic rings. The Hall–Kier alpha value is -2.32. The number of amides is 1. The topological polar surface area (TPSA) is 96.0 Å². The number of hydrogen-bond acceptors (Lipinski definition) is 6. The van der Waals surface area contributed by atoms with Gasteiger partial charge in [0.05, 0.1) is 19.8 Å². The zero-order chi connectivity index (χ0) is 16.1. The van der Waals surface area contributed by atoms with Crippen molar-refractivity contribution in [1.29, 1.82) is 0 Å². The molecular formula is C15H20N6O2. The lowest BCUT2D eigenvalue weighted by molar-refractivity contribution is -0.132. The standard InChI is InChI=1S/C15H20N6O2/c1-2-21-7-8-23-10-12(21)15(22)17-9-13-18-14(20-19-13)11-5-3-4-6-16-11/h3-6,12H,2,7-10H2,1H3,(H,17,22)(H,18,19,20). The molecule has 1 saturated heterocycles. The molecule has 8 heteroatoms. The first kappa shape index (κ1) is 15.6. The number of H-pyrrole nitrogens is 1. The van der Waals surface area contributed by atoms with Crippen LogP contribution >= 0.6 is 0 Å². The summed E-state index contributed by atoms with van der Waals surface area (Å²) in [4.78, 5) is 23.0. The molecule has 8 nitrogen and oxygen atoms in total. The molecule has 1 aliphatic heterocycles. The second-order valence-corrected chi connectivity index (χ2v) is 5.26. The number of morpholine rings is 1. The predicted octanol–water partition coefficient (Wildman–Crippen LogP) is 0.204. The smallest absolute Gasteiger partial charge is 0.240 e. The Balaban J connectivity index is 1.58. The highest BCUT2D eigenvalue weighted by molar-refractivity contribution is 5.81. The fourth-order valence-corrected chi connectivity index (χ4v) is 2.53. The minimum Gasteiger partial charge on any atom is -0.378 e. The van der Waals surface area contributed by atoms with E-state index in [1.165, 1.54) is 0 Å². The molecule has 1 fully saturated rings. The SMILES string of the molecule is CCN1CCOCC1C(=O)NCc1nc(-c2ccccn2)n[nH]1. The molecule has 0 aliphatic carbocycles. The molecule has 0 saturated carbocycles. The summed E-state index contributed by atoms with van der Waals surface area (Å²) in [6.07, 6.45) is 1.69. The van der Waals surface area contributed by atoms with E-state index in [0.717, 1.165) is 13.1 Å². The Bertz CT molecular complexity index is 644. The highest BCUT2D eigenvalue weighted by atomic mass is 16.5. The molecule has 23 heavy (non-hydrogen) atoms. The van der Waals surface area contributed by atoms with Gasteiger partial charge >= 0.3 is 0 Å².